The number of methoxy groups -OCH3 is 1. The molecular formula is C16H20O5. The molecular weight excluding hydrogens is 272 g/mol. The van der Waals surface area contributed by atoms with Gasteiger partial charge in [-0.05, 0) is 11.6 Å². The lowest BCUT2D eigenvalue weighted by Gasteiger charge is -2.25. The molecule has 0 aromatic heterocycles. The van der Waals surface area contributed by atoms with Crippen LogP contribution in [0.5, 0.6) is 0 Å². The summed E-state index contributed by atoms with van der Waals surface area (Å²) in [4.78, 5) is 0. The minimum Gasteiger partial charge on any atom is -0.374 e. The van der Waals surface area contributed by atoms with Gasteiger partial charge in [0.1, 0.15) is 25.1 Å². The van der Waals surface area contributed by atoms with E-state index in [9.17, 15) is 0 Å². The van der Waals surface area contributed by atoms with Crippen LogP contribution >= 0.6 is 0 Å². The topological polar surface area (TPSA) is 46.2 Å². The van der Waals surface area contributed by atoms with Crippen LogP contribution in [0.3, 0.4) is 0 Å². The molecule has 0 radical (unpaired) electrons. The molecule has 0 unspecified atom stereocenters. The summed E-state index contributed by atoms with van der Waals surface area (Å²) >= 11 is 0. The fraction of sp³-hybridized carbons (Fsp3) is 0.500. The molecule has 2 aliphatic rings. The Bertz CT molecular complexity index is 461. The second kappa shape index (κ2) is 7.15. The molecule has 5 heteroatoms. The zero-order valence-electron chi connectivity index (χ0n) is 12.0. The minimum absolute atomic E-state index is 0.129. The van der Waals surface area contributed by atoms with Crippen LogP contribution < -0.4 is 0 Å². The van der Waals surface area contributed by atoms with Crippen molar-refractivity contribution in [3.8, 4) is 0 Å². The lowest BCUT2D eigenvalue weighted by molar-refractivity contribution is -0.116. The molecule has 114 valence electrons. The number of benzene rings is 1. The van der Waals surface area contributed by atoms with Gasteiger partial charge >= 0.3 is 0 Å². The van der Waals surface area contributed by atoms with Gasteiger partial charge < -0.3 is 23.7 Å². The Hall–Kier alpha value is -1.24. The second-order valence-corrected chi connectivity index (χ2v) is 5.07. The number of fused-ring (bicyclic) bond motifs is 2. The van der Waals surface area contributed by atoms with Gasteiger partial charge in [0.25, 0.3) is 0 Å². The van der Waals surface area contributed by atoms with Crippen molar-refractivity contribution in [2.45, 2.75) is 31.2 Å². The number of hydrogen-bond donors (Lipinski definition) is 0. The van der Waals surface area contributed by atoms with Gasteiger partial charge in [0, 0.05) is 7.11 Å². The third-order valence-corrected chi connectivity index (χ3v) is 3.52. The highest BCUT2D eigenvalue weighted by atomic mass is 16.8. The number of rotatable bonds is 7. The standard InChI is InChI=1S/C16H20O5/c1-17-11-19-13-7-8-15-20-14(16(13)21-15)10-18-9-12-5-3-2-4-6-12/h2-8,13-16H,9-11H2,1H3/t13-,14+,15-,16+/m0/s1. The van der Waals surface area contributed by atoms with Crippen molar-refractivity contribution in [3.63, 3.8) is 0 Å². The van der Waals surface area contributed by atoms with E-state index in [0.717, 1.165) is 5.56 Å². The largest absolute Gasteiger partial charge is 0.374 e. The Balaban J connectivity index is 1.50. The van der Waals surface area contributed by atoms with Gasteiger partial charge in [0.15, 0.2) is 6.29 Å². The summed E-state index contributed by atoms with van der Waals surface area (Å²) in [6.07, 6.45) is 3.11. The Morgan fingerprint density at radius 1 is 1.10 bits per heavy atom. The summed E-state index contributed by atoms with van der Waals surface area (Å²) in [6.45, 7) is 1.27. The van der Waals surface area contributed by atoms with Gasteiger partial charge in [-0.3, -0.25) is 0 Å². The van der Waals surface area contributed by atoms with Crippen molar-refractivity contribution in [2.75, 3.05) is 20.5 Å². The summed E-state index contributed by atoms with van der Waals surface area (Å²) in [6, 6.07) is 10.1. The molecule has 4 atom stereocenters. The molecule has 3 rings (SSSR count). The Morgan fingerprint density at radius 2 is 1.95 bits per heavy atom. The maximum atomic E-state index is 5.78. The maximum absolute atomic E-state index is 5.78. The van der Waals surface area contributed by atoms with Gasteiger partial charge in [0.2, 0.25) is 0 Å². The van der Waals surface area contributed by atoms with Crippen LogP contribution in [0.25, 0.3) is 0 Å². The molecule has 1 aromatic rings. The quantitative estimate of drug-likeness (QED) is 0.567. The normalized spacial score (nSPS) is 30.7. The predicted molar refractivity (Wildman–Crippen MR) is 75.5 cm³/mol. The van der Waals surface area contributed by atoms with Crippen LogP contribution in [-0.2, 0) is 30.3 Å². The molecule has 1 aromatic carbocycles. The molecule has 5 nitrogen and oxygen atoms in total. The van der Waals surface area contributed by atoms with E-state index in [1.807, 2.05) is 42.5 Å². The first-order chi connectivity index (χ1) is 10.4. The molecule has 0 N–H and O–H groups in total. The molecule has 2 bridgehead atoms. The van der Waals surface area contributed by atoms with Crippen LogP contribution in [-0.4, -0.2) is 45.1 Å². The molecule has 2 heterocycles. The van der Waals surface area contributed by atoms with Gasteiger partial charge in [-0.15, -0.1) is 0 Å². The van der Waals surface area contributed by atoms with Crippen LogP contribution in [0.15, 0.2) is 42.5 Å². The van der Waals surface area contributed by atoms with Crippen LogP contribution in [0, 0.1) is 0 Å². The first-order valence-corrected chi connectivity index (χ1v) is 7.08. The Morgan fingerprint density at radius 3 is 2.76 bits per heavy atom. The summed E-state index contributed by atoms with van der Waals surface area (Å²) in [5, 5.41) is 0. The zero-order valence-corrected chi connectivity index (χ0v) is 12.0. The average molecular weight is 292 g/mol. The van der Waals surface area contributed by atoms with Crippen LogP contribution in [0.1, 0.15) is 5.56 Å². The van der Waals surface area contributed by atoms with Crippen molar-refractivity contribution in [1.82, 2.24) is 0 Å². The van der Waals surface area contributed by atoms with E-state index < -0.39 is 0 Å². The fourth-order valence-electron chi connectivity index (χ4n) is 2.51. The summed E-state index contributed by atoms with van der Waals surface area (Å²) in [5.41, 5.74) is 1.14. The molecule has 0 amide bonds. The highest BCUT2D eigenvalue weighted by molar-refractivity contribution is 5.13. The lowest BCUT2D eigenvalue weighted by Crippen LogP contribution is -2.39. The molecule has 0 saturated carbocycles. The molecule has 0 aliphatic carbocycles. The van der Waals surface area contributed by atoms with Gasteiger partial charge in [-0.2, -0.15) is 0 Å². The van der Waals surface area contributed by atoms with Gasteiger partial charge in [-0.1, -0.05) is 36.4 Å². The second-order valence-electron chi connectivity index (χ2n) is 5.07. The molecule has 21 heavy (non-hydrogen) atoms. The number of hydrogen-bond acceptors (Lipinski definition) is 5. The predicted octanol–water partition coefficient (Wildman–Crippen LogP) is 1.87. The highest BCUT2D eigenvalue weighted by Crippen LogP contribution is 2.29. The van der Waals surface area contributed by atoms with Crippen molar-refractivity contribution >= 4 is 0 Å². The van der Waals surface area contributed by atoms with E-state index in [2.05, 4.69) is 0 Å². The van der Waals surface area contributed by atoms with E-state index in [1.54, 1.807) is 7.11 Å². The van der Waals surface area contributed by atoms with E-state index in [4.69, 9.17) is 23.7 Å². The van der Waals surface area contributed by atoms with E-state index in [-0.39, 0.29) is 31.4 Å². The summed E-state index contributed by atoms with van der Waals surface area (Å²) < 4.78 is 27.8. The van der Waals surface area contributed by atoms with Crippen molar-refractivity contribution < 1.29 is 23.7 Å². The van der Waals surface area contributed by atoms with Crippen molar-refractivity contribution in [2.24, 2.45) is 0 Å². The Labute approximate surface area is 124 Å². The summed E-state index contributed by atoms with van der Waals surface area (Å²) in [5.74, 6) is 0. The Kier molecular flexibility index (Phi) is 5.00. The van der Waals surface area contributed by atoms with E-state index in [1.165, 1.54) is 0 Å². The van der Waals surface area contributed by atoms with E-state index >= 15 is 0 Å². The van der Waals surface area contributed by atoms with Gasteiger partial charge in [-0.25, -0.2) is 0 Å². The highest BCUT2D eigenvalue weighted by Gasteiger charge is 2.42. The minimum atomic E-state index is -0.289. The molecule has 1 fully saturated rings. The molecule has 1 saturated heterocycles. The average Bonchev–Trinajstić information content (AvgIpc) is 2.85. The van der Waals surface area contributed by atoms with Crippen LogP contribution in [0.4, 0.5) is 0 Å². The van der Waals surface area contributed by atoms with Gasteiger partial charge in [0.05, 0.1) is 13.2 Å². The monoisotopic (exact) mass is 292 g/mol. The zero-order chi connectivity index (χ0) is 14.5. The third-order valence-electron chi connectivity index (χ3n) is 3.52. The first kappa shape index (κ1) is 14.7. The fourth-order valence-corrected chi connectivity index (χ4v) is 2.51. The molecule has 0 spiro atoms. The molecule has 2 aliphatic heterocycles. The smallest absolute Gasteiger partial charge is 0.178 e. The SMILES string of the molecule is COCO[C@H]1C=C[C@@H]2O[C@H]1[C@@H](COCc1ccccc1)O2. The third kappa shape index (κ3) is 3.70. The maximum Gasteiger partial charge on any atom is 0.178 e. The first-order valence-electron chi connectivity index (χ1n) is 7.08. The van der Waals surface area contributed by atoms with Crippen molar-refractivity contribution in [3.05, 3.63) is 48.0 Å². The van der Waals surface area contributed by atoms with E-state index in [0.29, 0.717) is 13.2 Å². The summed E-state index contributed by atoms with van der Waals surface area (Å²) in [7, 11) is 1.60. The number of ether oxygens (including phenoxy) is 5. The van der Waals surface area contributed by atoms with Crippen LogP contribution in [0.2, 0.25) is 0 Å². The van der Waals surface area contributed by atoms with Crippen molar-refractivity contribution in [1.29, 1.82) is 0 Å². The lowest BCUT2D eigenvalue weighted by atomic mass is 10.1.